The van der Waals surface area contributed by atoms with E-state index in [0.29, 0.717) is 0 Å². The van der Waals surface area contributed by atoms with Crippen molar-refractivity contribution in [2.24, 2.45) is 5.73 Å². The Morgan fingerprint density at radius 1 is 1.38 bits per heavy atom. The number of nitrogens with one attached hydrogen (secondary N) is 1. The summed E-state index contributed by atoms with van der Waals surface area (Å²) in [7, 11) is 0. The van der Waals surface area contributed by atoms with E-state index in [9.17, 15) is 0 Å². The highest BCUT2D eigenvalue weighted by molar-refractivity contribution is 4.84. The van der Waals surface area contributed by atoms with E-state index in [0.717, 1.165) is 19.0 Å². The van der Waals surface area contributed by atoms with E-state index in [4.69, 9.17) is 5.73 Å². The predicted octanol–water partition coefficient (Wildman–Crippen LogP) is 2.04. The van der Waals surface area contributed by atoms with E-state index >= 15 is 0 Å². The van der Waals surface area contributed by atoms with Crippen LogP contribution in [0.15, 0.2) is 0 Å². The Bertz CT molecular complexity index is 137. The van der Waals surface area contributed by atoms with Gasteiger partial charge in [-0.25, -0.2) is 0 Å². The molecule has 0 spiro atoms. The van der Waals surface area contributed by atoms with Crippen LogP contribution in [-0.2, 0) is 0 Å². The molecule has 13 heavy (non-hydrogen) atoms. The topological polar surface area (TPSA) is 38.0 Å². The summed E-state index contributed by atoms with van der Waals surface area (Å²) < 4.78 is 0. The van der Waals surface area contributed by atoms with Gasteiger partial charge in [-0.05, 0) is 26.2 Å². The summed E-state index contributed by atoms with van der Waals surface area (Å²) in [5, 5.41) is 3.58. The van der Waals surface area contributed by atoms with Gasteiger partial charge in [-0.3, -0.25) is 0 Å². The van der Waals surface area contributed by atoms with E-state index < -0.39 is 0 Å². The molecule has 1 unspecified atom stereocenters. The summed E-state index contributed by atoms with van der Waals surface area (Å²) in [5.41, 5.74) is 6.14. The second-order valence-electron chi connectivity index (χ2n) is 4.77. The lowest BCUT2D eigenvalue weighted by molar-refractivity contribution is 0.369. The zero-order valence-corrected chi connectivity index (χ0v) is 9.10. The second-order valence-corrected chi connectivity index (χ2v) is 4.77. The van der Waals surface area contributed by atoms with E-state index in [1.807, 2.05) is 0 Å². The minimum absolute atomic E-state index is 0.00264. The molecule has 0 amide bonds. The normalized spacial score (nSPS) is 23.3. The smallest absolute Gasteiger partial charge is 0.0252 e. The predicted molar refractivity (Wildman–Crippen MR) is 57.8 cm³/mol. The van der Waals surface area contributed by atoms with Crippen LogP contribution in [0.25, 0.3) is 0 Å². The molecule has 1 rings (SSSR count). The van der Waals surface area contributed by atoms with E-state index in [1.165, 1.54) is 32.1 Å². The first-order valence-electron chi connectivity index (χ1n) is 5.66. The quantitative estimate of drug-likeness (QED) is 0.686. The average Bonchev–Trinajstić information content (AvgIpc) is 2.52. The van der Waals surface area contributed by atoms with Gasteiger partial charge in [0.2, 0.25) is 0 Å². The molecule has 0 radical (unpaired) electrons. The molecule has 1 saturated carbocycles. The molecule has 0 aromatic carbocycles. The highest BCUT2D eigenvalue weighted by Gasteiger charge is 2.20. The van der Waals surface area contributed by atoms with Crippen molar-refractivity contribution in [1.82, 2.24) is 5.32 Å². The fourth-order valence-corrected chi connectivity index (χ4v) is 2.17. The van der Waals surface area contributed by atoms with E-state index in [2.05, 4.69) is 19.2 Å². The summed E-state index contributed by atoms with van der Waals surface area (Å²) in [6.45, 7) is 5.32. The molecule has 78 valence electrons. The lowest BCUT2D eigenvalue weighted by Crippen LogP contribution is -2.48. The zero-order valence-electron chi connectivity index (χ0n) is 9.10. The van der Waals surface area contributed by atoms with Crippen molar-refractivity contribution in [2.75, 3.05) is 6.54 Å². The van der Waals surface area contributed by atoms with Crippen molar-refractivity contribution in [3.63, 3.8) is 0 Å². The first-order chi connectivity index (χ1) is 6.14. The van der Waals surface area contributed by atoms with Gasteiger partial charge in [-0.2, -0.15) is 0 Å². The monoisotopic (exact) mass is 184 g/mol. The standard InChI is InChI=1S/C11H24N2/c1-3-8-11(2,12)9-13-10-6-4-5-7-10/h10,13H,3-9,12H2,1-2H3. The average molecular weight is 184 g/mol. The van der Waals surface area contributed by atoms with Gasteiger partial charge in [-0.15, -0.1) is 0 Å². The molecule has 0 bridgehead atoms. The minimum atomic E-state index is -0.00264. The molecule has 1 aliphatic carbocycles. The van der Waals surface area contributed by atoms with Gasteiger partial charge in [0.25, 0.3) is 0 Å². The van der Waals surface area contributed by atoms with Gasteiger partial charge < -0.3 is 11.1 Å². The van der Waals surface area contributed by atoms with Gasteiger partial charge in [0.05, 0.1) is 0 Å². The maximum Gasteiger partial charge on any atom is 0.0252 e. The summed E-state index contributed by atoms with van der Waals surface area (Å²) in [5.74, 6) is 0. The first kappa shape index (κ1) is 11.0. The third-order valence-electron chi connectivity index (χ3n) is 2.97. The molecule has 0 heterocycles. The van der Waals surface area contributed by atoms with Gasteiger partial charge in [-0.1, -0.05) is 26.2 Å². The van der Waals surface area contributed by atoms with Gasteiger partial charge in [0.1, 0.15) is 0 Å². The Hall–Kier alpha value is -0.0800. The SMILES string of the molecule is CCCC(C)(N)CNC1CCCC1. The molecule has 1 aliphatic rings. The fourth-order valence-electron chi connectivity index (χ4n) is 2.17. The van der Waals surface area contributed by atoms with Crippen LogP contribution in [-0.4, -0.2) is 18.1 Å². The van der Waals surface area contributed by atoms with Crippen LogP contribution in [0.2, 0.25) is 0 Å². The fraction of sp³-hybridized carbons (Fsp3) is 1.00. The van der Waals surface area contributed by atoms with E-state index in [-0.39, 0.29) is 5.54 Å². The number of nitrogens with two attached hydrogens (primary N) is 1. The van der Waals surface area contributed by atoms with Gasteiger partial charge >= 0.3 is 0 Å². The van der Waals surface area contributed by atoms with Gasteiger partial charge in [0.15, 0.2) is 0 Å². The van der Waals surface area contributed by atoms with Crippen LogP contribution in [0.4, 0.5) is 0 Å². The summed E-state index contributed by atoms with van der Waals surface area (Å²) >= 11 is 0. The Kier molecular flexibility index (Phi) is 4.20. The van der Waals surface area contributed by atoms with Crippen LogP contribution in [0.3, 0.4) is 0 Å². The maximum atomic E-state index is 6.14. The second kappa shape index (κ2) is 4.97. The van der Waals surface area contributed by atoms with Crippen molar-refractivity contribution in [3.8, 4) is 0 Å². The van der Waals surface area contributed by atoms with Crippen LogP contribution in [0.5, 0.6) is 0 Å². The number of hydrogen-bond donors (Lipinski definition) is 2. The largest absolute Gasteiger partial charge is 0.324 e. The summed E-state index contributed by atoms with van der Waals surface area (Å²) in [6.07, 6.45) is 7.79. The highest BCUT2D eigenvalue weighted by atomic mass is 15.0. The highest BCUT2D eigenvalue weighted by Crippen LogP contribution is 2.18. The van der Waals surface area contributed by atoms with Crippen LogP contribution < -0.4 is 11.1 Å². The van der Waals surface area contributed by atoms with Crippen LogP contribution >= 0.6 is 0 Å². The molecule has 0 aromatic rings. The summed E-state index contributed by atoms with van der Waals surface area (Å²) in [6, 6.07) is 0.750. The van der Waals surface area contributed by atoms with Crippen molar-refractivity contribution in [2.45, 2.75) is 64.0 Å². The van der Waals surface area contributed by atoms with Crippen LogP contribution in [0, 0.1) is 0 Å². The van der Waals surface area contributed by atoms with Crippen molar-refractivity contribution in [3.05, 3.63) is 0 Å². The minimum Gasteiger partial charge on any atom is -0.324 e. The van der Waals surface area contributed by atoms with Crippen molar-refractivity contribution >= 4 is 0 Å². The third-order valence-corrected chi connectivity index (χ3v) is 2.97. The number of rotatable bonds is 5. The van der Waals surface area contributed by atoms with Crippen molar-refractivity contribution < 1.29 is 0 Å². The van der Waals surface area contributed by atoms with Gasteiger partial charge in [0, 0.05) is 18.1 Å². The molecular formula is C11H24N2. The zero-order chi connectivity index (χ0) is 9.73. The molecule has 1 fully saturated rings. The van der Waals surface area contributed by atoms with E-state index in [1.54, 1.807) is 0 Å². The molecule has 0 aromatic heterocycles. The van der Waals surface area contributed by atoms with Crippen molar-refractivity contribution in [1.29, 1.82) is 0 Å². The Labute approximate surface area is 82.3 Å². The molecule has 0 aliphatic heterocycles. The molecule has 0 saturated heterocycles. The molecule has 3 N–H and O–H groups in total. The Morgan fingerprint density at radius 2 is 2.00 bits per heavy atom. The molecular weight excluding hydrogens is 160 g/mol. The Balaban J connectivity index is 2.15. The maximum absolute atomic E-state index is 6.14. The Morgan fingerprint density at radius 3 is 2.54 bits per heavy atom. The molecule has 2 heteroatoms. The first-order valence-corrected chi connectivity index (χ1v) is 5.66. The molecule has 1 atom stereocenters. The lowest BCUT2D eigenvalue weighted by Gasteiger charge is -2.26. The molecule has 2 nitrogen and oxygen atoms in total. The number of hydrogen-bond acceptors (Lipinski definition) is 2. The third kappa shape index (κ3) is 4.10. The summed E-state index contributed by atoms with van der Waals surface area (Å²) in [4.78, 5) is 0. The lowest BCUT2D eigenvalue weighted by atomic mass is 9.97. The van der Waals surface area contributed by atoms with Crippen LogP contribution in [0.1, 0.15) is 52.4 Å².